The normalized spacial score (nSPS) is 14.3. The number of furan rings is 1. The molecule has 0 aliphatic carbocycles. The summed E-state index contributed by atoms with van der Waals surface area (Å²) in [5, 5.41) is 0. The van der Waals surface area contributed by atoms with Gasteiger partial charge in [0.05, 0.1) is 25.3 Å². The summed E-state index contributed by atoms with van der Waals surface area (Å²) in [4.78, 5) is 15.2. The highest BCUT2D eigenvalue weighted by atomic mass is 19.1. The molecule has 0 saturated heterocycles. The Balaban J connectivity index is 1.53. The van der Waals surface area contributed by atoms with Gasteiger partial charge >= 0.3 is 0 Å². The molecule has 0 fully saturated rings. The second-order valence-electron chi connectivity index (χ2n) is 5.93. The lowest BCUT2D eigenvalue weighted by Gasteiger charge is -2.28. The summed E-state index contributed by atoms with van der Waals surface area (Å²) in [5.74, 6) is 1.37. The van der Waals surface area contributed by atoms with Gasteiger partial charge in [-0.3, -0.25) is 4.90 Å². The lowest BCUT2D eigenvalue weighted by molar-refractivity contribution is 0.237. The number of methoxy groups -OCH3 is 1. The third-order valence-electron chi connectivity index (χ3n) is 4.23. The molecule has 0 atom stereocenters. The number of rotatable bonds is 4. The minimum atomic E-state index is -0.361. The highest BCUT2D eigenvalue weighted by Gasteiger charge is 2.21. The first kappa shape index (κ1) is 15.7. The number of hydrogen-bond donors (Lipinski definition) is 0. The van der Waals surface area contributed by atoms with E-state index in [4.69, 9.17) is 9.15 Å². The molecule has 6 nitrogen and oxygen atoms in total. The van der Waals surface area contributed by atoms with Gasteiger partial charge in [-0.25, -0.2) is 19.3 Å². The molecule has 7 heteroatoms. The van der Waals surface area contributed by atoms with Crippen LogP contribution in [0.4, 0.5) is 4.39 Å². The fraction of sp³-hybridized carbons (Fsp3) is 0.278. The second kappa shape index (κ2) is 6.60. The van der Waals surface area contributed by atoms with Crippen LogP contribution < -0.4 is 4.74 Å². The Bertz CT molecular complexity index is 883. The lowest BCUT2D eigenvalue weighted by atomic mass is 10.1. The standard InChI is InChI=1S/C18H17FN4O2/c1-24-18-12(7-14(19)9-21-18)10-23-5-4-15-13(11-23)8-20-17(22-15)16-3-2-6-25-16/h2-3,6-9H,4-5,10-11H2,1H3. The molecule has 0 spiro atoms. The van der Waals surface area contributed by atoms with Crippen molar-refractivity contribution in [2.24, 2.45) is 0 Å². The first-order valence-electron chi connectivity index (χ1n) is 8.02. The molecule has 1 aliphatic rings. The molecule has 0 amide bonds. The zero-order valence-corrected chi connectivity index (χ0v) is 13.8. The molecule has 3 aromatic rings. The number of aromatic nitrogens is 3. The van der Waals surface area contributed by atoms with E-state index in [2.05, 4.69) is 19.9 Å². The van der Waals surface area contributed by atoms with Gasteiger partial charge in [0.25, 0.3) is 0 Å². The highest BCUT2D eigenvalue weighted by Crippen LogP contribution is 2.24. The van der Waals surface area contributed by atoms with Crippen LogP contribution in [-0.2, 0) is 19.5 Å². The van der Waals surface area contributed by atoms with E-state index in [1.807, 2.05) is 18.3 Å². The van der Waals surface area contributed by atoms with Crippen molar-refractivity contribution in [2.45, 2.75) is 19.5 Å². The van der Waals surface area contributed by atoms with Crippen LogP contribution in [0.5, 0.6) is 5.88 Å². The topological polar surface area (TPSA) is 64.3 Å². The fourth-order valence-electron chi connectivity index (χ4n) is 3.04. The summed E-state index contributed by atoms with van der Waals surface area (Å²) >= 11 is 0. The Morgan fingerprint density at radius 3 is 3.04 bits per heavy atom. The largest absolute Gasteiger partial charge is 0.481 e. The molecular formula is C18H17FN4O2. The maximum atomic E-state index is 13.5. The van der Waals surface area contributed by atoms with E-state index in [0.29, 0.717) is 30.6 Å². The maximum absolute atomic E-state index is 13.5. The number of pyridine rings is 1. The predicted molar refractivity (Wildman–Crippen MR) is 88.3 cm³/mol. The molecule has 4 heterocycles. The maximum Gasteiger partial charge on any atom is 0.217 e. The zero-order chi connectivity index (χ0) is 17.2. The van der Waals surface area contributed by atoms with Gasteiger partial charge in [-0.15, -0.1) is 0 Å². The average molecular weight is 340 g/mol. The molecule has 4 rings (SSSR count). The van der Waals surface area contributed by atoms with Crippen molar-refractivity contribution < 1.29 is 13.5 Å². The van der Waals surface area contributed by atoms with E-state index < -0.39 is 0 Å². The zero-order valence-electron chi connectivity index (χ0n) is 13.8. The van der Waals surface area contributed by atoms with Crippen molar-refractivity contribution >= 4 is 0 Å². The Morgan fingerprint density at radius 2 is 2.24 bits per heavy atom. The van der Waals surface area contributed by atoms with E-state index in [0.717, 1.165) is 36.0 Å². The molecule has 1 aliphatic heterocycles. The van der Waals surface area contributed by atoms with Crippen LogP contribution in [0.25, 0.3) is 11.6 Å². The van der Waals surface area contributed by atoms with Crippen molar-refractivity contribution in [3.8, 4) is 17.5 Å². The second-order valence-corrected chi connectivity index (χ2v) is 5.93. The summed E-state index contributed by atoms with van der Waals surface area (Å²) in [6, 6.07) is 5.14. The van der Waals surface area contributed by atoms with Gasteiger partial charge in [0.1, 0.15) is 5.82 Å². The predicted octanol–water partition coefficient (Wildman–Crippen LogP) is 2.84. The number of nitrogens with zero attached hydrogens (tertiary/aromatic N) is 4. The summed E-state index contributed by atoms with van der Waals surface area (Å²) in [5.41, 5.74) is 2.84. The Labute approximate surface area is 144 Å². The van der Waals surface area contributed by atoms with Crippen molar-refractivity contribution in [3.63, 3.8) is 0 Å². The van der Waals surface area contributed by atoms with Gasteiger partial charge in [-0.2, -0.15) is 0 Å². The SMILES string of the molecule is COc1ncc(F)cc1CN1CCc2nc(-c3ccco3)ncc2C1. The first-order chi connectivity index (χ1) is 12.2. The van der Waals surface area contributed by atoms with Crippen LogP contribution in [0.1, 0.15) is 16.8 Å². The van der Waals surface area contributed by atoms with Gasteiger partial charge in [0.15, 0.2) is 11.6 Å². The molecule has 128 valence electrons. The van der Waals surface area contributed by atoms with Gasteiger partial charge in [-0.05, 0) is 18.2 Å². The van der Waals surface area contributed by atoms with Gasteiger partial charge in [-0.1, -0.05) is 0 Å². The third kappa shape index (κ3) is 3.23. The summed E-state index contributed by atoms with van der Waals surface area (Å²) in [6.07, 6.45) is 5.42. The molecule has 0 radical (unpaired) electrons. The third-order valence-corrected chi connectivity index (χ3v) is 4.23. The van der Waals surface area contributed by atoms with E-state index in [-0.39, 0.29) is 5.82 Å². The van der Waals surface area contributed by atoms with Crippen LogP contribution in [0.2, 0.25) is 0 Å². The molecule has 0 bridgehead atoms. The Kier molecular flexibility index (Phi) is 4.15. The number of hydrogen-bond acceptors (Lipinski definition) is 6. The quantitative estimate of drug-likeness (QED) is 0.728. The minimum Gasteiger partial charge on any atom is -0.481 e. The summed E-state index contributed by atoms with van der Waals surface area (Å²) in [7, 11) is 1.54. The van der Waals surface area contributed by atoms with Crippen LogP contribution in [0.3, 0.4) is 0 Å². The van der Waals surface area contributed by atoms with E-state index in [1.54, 1.807) is 13.4 Å². The molecular weight excluding hydrogens is 323 g/mol. The number of halogens is 1. The molecule has 0 N–H and O–H groups in total. The highest BCUT2D eigenvalue weighted by molar-refractivity contribution is 5.47. The van der Waals surface area contributed by atoms with Gasteiger partial charge in [0, 0.05) is 43.4 Å². The van der Waals surface area contributed by atoms with Crippen LogP contribution in [-0.4, -0.2) is 33.5 Å². The van der Waals surface area contributed by atoms with Crippen LogP contribution in [0, 0.1) is 5.82 Å². The van der Waals surface area contributed by atoms with Crippen LogP contribution in [0.15, 0.2) is 41.3 Å². The van der Waals surface area contributed by atoms with Crippen molar-refractivity contribution in [3.05, 3.63) is 59.5 Å². The van der Waals surface area contributed by atoms with Crippen molar-refractivity contribution in [2.75, 3.05) is 13.7 Å². The number of ether oxygens (including phenoxy) is 1. The molecule has 25 heavy (non-hydrogen) atoms. The Hall–Kier alpha value is -2.80. The van der Waals surface area contributed by atoms with Gasteiger partial charge < -0.3 is 9.15 Å². The lowest BCUT2D eigenvalue weighted by Crippen LogP contribution is -2.31. The smallest absolute Gasteiger partial charge is 0.217 e. The molecule has 0 saturated carbocycles. The molecule has 0 aromatic carbocycles. The molecule has 0 unspecified atom stereocenters. The molecule has 3 aromatic heterocycles. The van der Waals surface area contributed by atoms with Crippen molar-refractivity contribution in [1.29, 1.82) is 0 Å². The van der Waals surface area contributed by atoms with E-state index >= 15 is 0 Å². The summed E-state index contributed by atoms with van der Waals surface area (Å²) < 4.78 is 24.1. The van der Waals surface area contributed by atoms with Gasteiger partial charge in [0.2, 0.25) is 5.88 Å². The van der Waals surface area contributed by atoms with E-state index in [9.17, 15) is 4.39 Å². The first-order valence-corrected chi connectivity index (χ1v) is 8.02. The average Bonchev–Trinajstić information content (AvgIpc) is 3.16. The van der Waals surface area contributed by atoms with E-state index in [1.165, 1.54) is 6.07 Å². The monoisotopic (exact) mass is 340 g/mol. The number of fused-ring (bicyclic) bond motifs is 1. The van der Waals surface area contributed by atoms with Crippen LogP contribution >= 0.6 is 0 Å². The summed E-state index contributed by atoms with van der Waals surface area (Å²) in [6.45, 7) is 2.09. The Morgan fingerprint density at radius 1 is 1.32 bits per heavy atom. The van der Waals surface area contributed by atoms with Crippen molar-refractivity contribution in [1.82, 2.24) is 19.9 Å². The minimum absolute atomic E-state index is 0.361. The fourth-order valence-corrected chi connectivity index (χ4v) is 3.04.